The highest BCUT2D eigenvalue weighted by Crippen LogP contribution is 2.15. The number of aryl methyl sites for hydroxylation is 3. The van der Waals surface area contributed by atoms with E-state index in [9.17, 15) is 4.79 Å². The van der Waals surface area contributed by atoms with Crippen molar-refractivity contribution in [3.05, 3.63) is 70.3 Å². The largest absolute Gasteiger partial charge is 0.340 e. The monoisotopic (exact) mass is 336 g/mol. The normalized spacial score (nSPS) is 15.4. The Bertz CT molecular complexity index is 728. The van der Waals surface area contributed by atoms with Gasteiger partial charge < -0.3 is 4.90 Å². The van der Waals surface area contributed by atoms with E-state index in [4.69, 9.17) is 0 Å². The minimum atomic E-state index is 0.246. The average molecular weight is 336 g/mol. The molecule has 25 heavy (non-hydrogen) atoms. The van der Waals surface area contributed by atoms with E-state index in [2.05, 4.69) is 68.1 Å². The fraction of sp³-hybridized carbons (Fsp3) is 0.409. The third-order valence-corrected chi connectivity index (χ3v) is 5.10. The van der Waals surface area contributed by atoms with Crippen molar-refractivity contribution < 1.29 is 4.79 Å². The van der Waals surface area contributed by atoms with Crippen molar-refractivity contribution in [1.29, 1.82) is 0 Å². The SMILES string of the molecule is Cc1ccc(CC(=O)N2CCN(Cc3cc(C)ccc3C)CC2)cc1. The van der Waals surface area contributed by atoms with Gasteiger partial charge in [0.1, 0.15) is 0 Å². The van der Waals surface area contributed by atoms with Crippen LogP contribution in [0.2, 0.25) is 0 Å². The molecule has 1 aliphatic rings. The van der Waals surface area contributed by atoms with Crippen LogP contribution in [0.15, 0.2) is 42.5 Å². The lowest BCUT2D eigenvalue weighted by Gasteiger charge is -2.35. The van der Waals surface area contributed by atoms with E-state index in [1.807, 2.05) is 4.90 Å². The fourth-order valence-corrected chi connectivity index (χ4v) is 3.36. The van der Waals surface area contributed by atoms with Gasteiger partial charge in [0.15, 0.2) is 0 Å². The molecule has 0 N–H and O–H groups in total. The van der Waals surface area contributed by atoms with E-state index >= 15 is 0 Å². The van der Waals surface area contributed by atoms with Crippen LogP contribution in [0.4, 0.5) is 0 Å². The topological polar surface area (TPSA) is 23.6 Å². The molecule has 2 aromatic rings. The van der Waals surface area contributed by atoms with Gasteiger partial charge in [0.05, 0.1) is 6.42 Å². The molecule has 3 heteroatoms. The van der Waals surface area contributed by atoms with Gasteiger partial charge >= 0.3 is 0 Å². The number of carbonyl (C=O) groups is 1. The molecule has 3 rings (SSSR count). The molecular weight excluding hydrogens is 308 g/mol. The van der Waals surface area contributed by atoms with Crippen LogP contribution in [0, 0.1) is 20.8 Å². The molecule has 1 amide bonds. The number of hydrogen-bond acceptors (Lipinski definition) is 2. The molecule has 1 saturated heterocycles. The second kappa shape index (κ2) is 7.83. The first-order valence-electron chi connectivity index (χ1n) is 9.13. The van der Waals surface area contributed by atoms with Gasteiger partial charge in [0, 0.05) is 32.7 Å². The van der Waals surface area contributed by atoms with Crippen LogP contribution < -0.4 is 0 Å². The molecule has 0 unspecified atom stereocenters. The van der Waals surface area contributed by atoms with Crippen molar-refractivity contribution in [3.63, 3.8) is 0 Å². The summed E-state index contributed by atoms with van der Waals surface area (Å²) < 4.78 is 0. The minimum Gasteiger partial charge on any atom is -0.340 e. The Hall–Kier alpha value is -2.13. The Morgan fingerprint density at radius 3 is 2.20 bits per heavy atom. The van der Waals surface area contributed by atoms with Gasteiger partial charge in [-0.25, -0.2) is 0 Å². The molecule has 132 valence electrons. The molecule has 1 heterocycles. The Morgan fingerprint density at radius 1 is 0.880 bits per heavy atom. The lowest BCUT2D eigenvalue weighted by atomic mass is 10.0. The number of benzene rings is 2. The number of nitrogens with zero attached hydrogens (tertiary/aromatic N) is 2. The van der Waals surface area contributed by atoms with Gasteiger partial charge in [0.25, 0.3) is 0 Å². The van der Waals surface area contributed by atoms with Gasteiger partial charge in [-0.1, -0.05) is 53.6 Å². The summed E-state index contributed by atoms with van der Waals surface area (Å²) in [5.74, 6) is 0.246. The first-order chi connectivity index (χ1) is 12.0. The molecule has 0 aliphatic carbocycles. The molecule has 0 atom stereocenters. The number of hydrogen-bond donors (Lipinski definition) is 0. The van der Waals surface area contributed by atoms with Crippen molar-refractivity contribution in [2.75, 3.05) is 26.2 Å². The van der Waals surface area contributed by atoms with E-state index in [0.717, 1.165) is 38.3 Å². The van der Waals surface area contributed by atoms with E-state index in [1.54, 1.807) is 0 Å². The summed E-state index contributed by atoms with van der Waals surface area (Å²) in [5, 5.41) is 0. The van der Waals surface area contributed by atoms with Crippen LogP contribution in [0.5, 0.6) is 0 Å². The van der Waals surface area contributed by atoms with Crippen molar-refractivity contribution in [2.24, 2.45) is 0 Å². The lowest BCUT2D eigenvalue weighted by Crippen LogP contribution is -2.48. The third-order valence-electron chi connectivity index (χ3n) is 5.10. The first kappa shape index (κ1) is 17.7. The highest BCUT2D eigenvalue weighted by atomic mass is 16.2. The summed E-state index contributed by atoms with van der Waals surface area (Å²) in [5.41, 5.74) is 6.40. The molecule has 0 spiro atoms. The van der Waals surface area contributed by atoms with E-state index in [1.165, 1.54) is 22.3 Å². The lowest BCUT2D eigenvalue weighted by molar-refractivity contribution is -0.132. The van der Waals surface area contributed by atoms with E-state index in [0.29, 0.717) is 6.42 Å². The number of rotatable bonds is 4. The maximum atomic E-state index is 12.5. The van der Waals surface area contributed by atoms with Gasteiger partial charge in [0.2, 0.25) is 5.91 Å². The van der Waals surface area contributed by atoms with Crippen LogP contribution in [-0.2, 0) is 17.8 Å². The average Bonchev–Trinajstić information content (AvgIpc) is 2.61. The zero-order valence-corrected chi connectivity index (χ0v) is 15.6. The van der Waals surface area contributed by atoms with Gasteiger partial charge in [-0.2, -0.15) is 0 Å². The summed E-state index contributed by atoms with van der Waals surface area (Å²) in [6.45, 7) is 10.9. The summed E-state index contributed by atoms with van der Waals surface area (Å²) in [7, 11) is 0. The summed E-state index contributed by atoms with van der Waals surface area (Å²) >= 11 is 0. The maximum Gasteiger partial charge on any atom is 0.227 e. The van der Waals surface area contributed by atoms with E-state index < -0.39 is 0 Å². The molecule has 3 nitrogen and oxygen atoms in total. The van der Waals surface area contributed by atoms with Crippen LogP contribution in [-0.4, -0.2) is 41.9 Å². The Labute approximate surface area is 151 Å². The standard InChI is InChI=1S/C22H28N2O/c1-17-5-8-20(9-6-17)15-22(25)24-12-10-23(11-13-24)16-21-14-18(2)4-7-19(21)3/h4-9,14H,10-13,15-16H2,1-3H3. The number of piperazine rings is 1. The number of carbonyl (C=O) groups excluding carboxylic acids is 1. The molecule has 0 bridgehead atoms. The van der Waals surface area contributed by atoms with Crippen molar-refractivity contribution in [2.45, 2.75) is 33.7 Å². The van der Waals surface area contributed by atoms with Crippen LogP contribution >= 0.6 is 0 Å². The molecule has 0 saturated carbocycles. The second-order valence-corrected chi connectivity index (χ2v) is 7.25. The summed E-state index contributed by atoms with van der Waals surface area (Å²) in [4.78, 5) is 17.0. The second-order valence-electron chi connectivity index (χ2n) is 7.25. The minimum absolute atomic E-state index is 0.246. The van der Waals surface area contributed by atoms with Crippen molar-refractivity contribution >= 4 is 5.91 Å². The van der Waals surface area contributed by atoms with Crippen molar-refractivity contribution in [1.82, 2.24) is 9.80 Å². The first-order valence-corrected chi connectivity index (χ1v) is 9.13. The molecule has 2 aromatic carbocycles. The van der Waals surface area contributed by atoms with Crippen LogP contribution in [0.25, 0.3) is 0 Å². The Kier molecular flexibility index (Phi) is 5.54. The van der Waals surface area contributed by atoms with E-state index in [-0.39, 0.29) is 5.91 Å². The smallest absolute Gasteiger partial charge is 0.227 e. The molecule has 1 aliphatic heterocycles. The molecule has 0 aromatic heterocycles. The zero-order chi connectivity index (χ0) is 17.8. The van der Waals surface area contributed by atoms with Crippen LogP contribution in [0.1, 0.15) is 27.8 Å². The summed E-state index contributed by atoms with van der Waals surface area (Å²) in [6, 6.07) is 14.9. The predicted octanol–water partition coefficient (Wildman–Crippen LogP) is 3.50. The maximum absolute atomic E-state index is 12.5. The summed E-state index contributed by atoms with van der Waals surface area (Å²) in [6.07, 6.45) is 0.511. The predicted molar refractivity (Wildman–Crippen MR) is 103 cm³/mol. The molecular formula is C22H28N2O. The number of amides is 1. The van der Waals surface area contributed by atoms with Gasteiger partial charge in [-0.15, -0.1) is 0 Å². The quantitative estimate of drug-likeness (QED) is 0.853. The molecule has 1 fully saturated rings. The highest BCUT2D eigenvalue weighted by molar-refractivity contribution is 5.78. The highest BCUT2D eigenvalue weighted by Gasteiger charge is 2.21. The molecule has 0 radical (unpaired) electrons. The van der Waals surface area contributed by atoms with Crippen molar-refractivity contribution in [3.8, 4) is 0 Å². The fourth-order valence-electron chi connectivity index (χ4n) is 3.36. The third kappa shape index (κ3) is 4.70. The van der Waals surface area contributed by atoms with Crippen LogP contribution in [0.3, 0.4) is 0 Å². The Balaban J connectivity index is 1.52. The van der Waals surface area contributed by atoms with Gasteiger partial charge in [-0.3, -0.25) is 9.69 Å². The zero-order valence-electron chi connectivity index (χ0n) is 15.6. The van der Waals surface area contributed by atoms with Gasteiger partial charge in [-0.05, 0) is 37.5 Å². The Morgan fingerprint density at radius 2 is 1.52 bits per heavy atom.